The van der Waals surface area contributed by atoms with Crippen molar-refractivity contribution in [2.75, 3.05) is 5.73 Å². The Morgan fingerprint density at radius 3 is 2.32 bits per heavy atom. The number of nitrogen functional groups attached to an aromatic ring is 1. The second-order valence-electron chi connectivity index (χ2n) is 8.34. The van der Waals surface area contributed by atoms with Crippen LogP contribution >= 0.6 is 0 Å². The van der Waals surface area contributed by atoms with E-state index in [4.69, 9.17) is 5.73 Å². The number of nitrogens with zero attached hydrogens (tertiary/aromatic N) is 4. The van der Waals surface area contributed by atoms with E-state index in [9.17, 15) is 8.42 Å². The number of aromatic nitrogens is 3. The van der Waals surface area contributed by atoms with Gasteiger partial charge in [0, 0.05) is 0 Å². The minimum atomic E-state index is -4.01. The van der Waals surface area contributed by atoms with Crippen molar-refractivity contribution >= 4 is 44.1 Å². The van der Waals surface area contributed by atoms with Crippen molar-refractivity contribution in [2.24, 2.45) is 5.10 Å². The molecule has 0 amide bonds. The maximum absolute atomic E-state index is 13.9. The summed E-state index contributed by atoms with van der Waals surface area (Å²) < 4.78 is 29.2. The van der Waals surface area contributed by atoms with Crippen LogP contribution in [0.5, 0.6) is 0 Å². The monoisotopic (exact) mass is 469 g/mol. The lowest BCUT2D eigenvalue weighted by molar-refractivity contribution is 0.596. The van der Waals surface area contributed by atoms with E-state index in [0.29, 0.717) is 16.6 Å². The molecule has 5 rings (SSSR count). The molecule has 0 bridgehead atoms. The second kappa shape index (κ2) is 8.07. The van der Waals surface area contributed by atoms with E-state index in [0.717, 1.165) is 16.7 Å². The van der Waals surface area contributed by atoms with Crippen molar-refractivity contribution in [3.8, 4) is 0 Å². The summed E-state index contributed by atoms with van der Waals surface area (Å²) in [5.74, 6) is -0.0323. The predicted octanol–water partition coefficient (Wildman–Crippen LogP) is 4.81. The number of aryl methyl sites for hydroxylation is 3. The smallest absolute Gasteiger partial charge is 0.212 e. The highest BCUT2D eigenvalue weighted by molar-refractivity contribution is 7.92. The first-order valence-corrected chi connectivity index (χ1v) is 12.2. The van der Waals surface area contributed by atoms with Gasteiger partial charge in [0.2, 0.25) is 9.84 Å². The third-order valence-electron chi connectivity index (χ3n) is 5.69. The quantitative estimate of drug-likeness (QED) is 0.381. The lowest BCUT2D eigenvalue weighted by Gasteiger charge is -2.09. The Hall–Kier alpha value is -4.04. The fourth-order valence-corrected chi connectivity index (χ4v) is 5.79. The van der Waals surface area contributed by atoms with Gasteiger partial charge in [0.1, 0.15) is 16.2 Å². The summed E-state index contributed by atoms with van der Waals surface area (Å²) in [6, 6.07) is 20.4. The minimum absolute atomic E-state index is 0.0323. The average molecular weight is 470 g/mol. The van der Waals surface area contributed by atoms with Crippen LogP contribution in [0, 0.1) is 20.8 Å². The van der Waals surface area contributed by atoms with E-state index in [2.05, 4.69) is 15.1 Å². The van der Waals surface area contributed by atoms with E-state index in [-0.39, 0.29) is 26.8 Å². The summed E-state index contributed by atoms with van der Waals surface area (Å²) in [6.07, 6.45) is 1.63. The third-order valence-corrected chi connectivity index (χ3v) is 7.65. The summed E-state index contributed by atoms with van der Waals surface area (Å²) in [4.78, 5) is 9.44. The van der Waals surface area contributed by atoms with Gasteiger partial charge in [-0.15, -0.1) is 0 Å². The molecule has 2 aromatic heterocycles. The van der Waals surface area contributed by atoms with Gasteiger partial charge in [0.25, 0.3) is 0 Å². The van der Waals surface area contributed by atoms with Crippen molar-refractivity contribution in [3.05, 3.63) is 89.0 Å². The number of benzene rings is 3. The maximum atomic E-state index is 13.9. The Labute approximate surface area is 197 Å². The molecule has 3 aromatic carbocycles. The van der Waals surface area contributed by atoms with E-state index >= 15 is 0 Å². The molecule has 0 aliphatic carbocycles. The molecule has 170 valence electrons. The summed E-state index contributed by atoms with van der Waals surface area (Å²) in [7, 11) is -4.01. The Kier molecular flexibility index (Phi) is 5.17. The minimum Gasteiger partial charge on any atom is -0.382 e. The zero-order valence-electron chi connectivity index (χ0n) is 19.0. The van der Waals surface area contributed by atoms with E-state index in [1.165, 1.54) is 4.68 Å². The number of hydrogen-bond acceptors (Lipinski definition) is 6. The SMILES string of the molecule is Cc1cccc(/C=N/n2c(N)c(S(=O)(=O)c3cc(C)ccc3C)c3nc4ccccc4nc32)c1. The molecule has 7 nitrogen and oxygen atoms in total. The van der Waals surface area contributed by atoms with Crippen molar-refractivity contribution in [1.29, 1.82) is 0 Å². The second-order valence-corrected chi connectivity index (χ2v) is 10.2. The van der Waals surface area contributed by atoms with Gasteiger partial charge in [-0.1, -0.05) is 54.1 Å². The van der Waals surface area contributed by atoms with Gasteiger partial charge >= 0.3 is 0 Å². The van der Waals surface area contributed by atoms with Gasteiger partial charge < -0.3 is 5.73 Å². The normalized spacial score (nSPS) is 12.2. The molecule has 8 heteroatoms. The molecule has 0 saturated carbocycles. The molecule has 0 aliphatic heterocycles. The lowest BCUT2D eigenvalue weighted by atomic mass is 10.2. The molecule has 0 radical (unpaired) electrons. The number of rotatable bonds is 4. The molecular formula is C26H23N5O2S. The topological polar surface area (TPSA) is 103 Å². The maximum Gasteiger partial charge on any atom is 0.212 e. The number of para-hydroxylation sites is 2. The molecule has 0 spiro atoms. The van der Waals surface area contributed by atoms with Gasteiger partial charge in [-0.2, -0.15) is 9.78 Å². The summed E-state index contributed by atoms with van der Waals surface area (Å²) in [5.41, 5.74) is 11.5. The van der Waals surface area contributed by atoms with E-state index < -0.39 is 9.84 Å². The van der Waals surface area contributed by atoms with Crippen LogP contribution in [-0.4, -0.2) is 29.3 Å². The molecule has 0 atom stereocenters. The Morgan fingerprint density at radius 1 is 0.882 bits per heavy atom. The highest BCUT2D eigenvalue weighted by Gasteiger charge is 2.31. The molecule has 0 saturated heterocycles. The average Bonchev–Trinajstić information content (AvgIpc) is 3.08. The first-order valence-electron chi connectivity index (χ1n) is 10.8. The summed E-state index contributed by atoms with van der Waals surface area (Å²) in [6.45, 7) is 5.60. The van der Waals surface area contributed by atoms with Crippen molar-refractivity contribution in [3.63, 3.8) is 0 Å². The number of nitrogens with two attached hydrogens (primary N) is 1. The van der Waals surface area contributed by atoms with E-state index in [1.54, 1.807) is 31.3 Å². The van der Waals surface area contributed by atoms with E-state index in [1.807, 2.05) is 62.4 Å². The Balaban J connectivity index is 1.82. The van der Waals surface area contributed by atoms with Gasteiger partial charge in [-0.3, -0.25) is 0 Å². The standard InChI is InChI=1S/C26H23N5O2S/c1-16-7-6-8-19(13-16)15-28-31-25(27)24(34(32,33)22-14-17(2)11-12-18(22)3)23-26(31)30-21-10-5-4-9-20(21)29-23/h4-15H,27H2,1-3H3/b28-15+. The molecular weight excluding hydrogens is 446 g/mol. The number of fused-ring (bicyclic) bond motifs is 2. The highest BCUT2D eigenvalue weighted by atomic mass is 32.2. The van der Waals surface area contributed by atoms with Gasteiger partial charge in [-0.25, -0.2) is 18.4 Å². The Bertz CT molecular complexity index is 1720. The van der Waals surface area contributed by atoms with Crippen LogP contribution in [0.4, 0.5) is 5.82 Å². The zero-order valence-corrected chi connectivity index (χ0v) is 19.8. The summed E-state index contributed by atoms with van der Waals surface area (Å²) in [5, 5.41) is 4.52. The molecule has 5 aromatic rings. The fourth-order valence-electron chi connectivity index (χ4n) is 3.99. The zero-order chi connectivity index (χ0) is 24.0. The lowest BCUT2D eigenvalue weighted by Crippen LogP contribution is -2.08. The molecule has 2 heterocycles. The highest BCUT2D eigenvalue weighted by Crippen LogP contribution is 2.36. The number of sulfone groups is 1. The predicted molar refractivity (Wildman–Crippen MR) is 135 cm³/mol. The van der Waals surface area contributed by atoms with Crippen LogP contribution in [0.1, 0.15) is 22.3 Å². The van der Waals surface area contributed by atoms with Gasteiger partial charge in [0.05, 0.1) is 22.1 Å². The summed E-state index contributed by atoms with van der Waals surface area (Å²) >= 11 is 0. The van der Waals surface area contributed by atoms with Crippen LogP contribution in [-0.2, 0) is 9.84 Å². The van der Waals surface area contributed by atoms with Gasteiger partial charge in [-0.05, 0) is 55.7 Å². The van der Waals surface area contributed by atoms with Crippen LogP contribution in [0.3, 0.4) is 0 Å². The molecule has 0 unspecified atom stereocenters. The first-order chi connectivity index (χ1) is 16.3. The molecule has 0 fully saturated rings. The van der Waals surface area contributed by atoms with Crippen LogP contribution in [0.2, 0.25) is 0 Å². The van der Waals surface area contributed by atoms with Crippen LogP contribution < -0.4 is 5.73 Å². The van der Waals surface area contributed by atoms with Gasteiger partial charge in [0.15, 0.2) is 5.65 Å². The van der Waals surface area contributed by atoms with Crippen LogP contribution in [0.15, 0.2) is 81.6 Å². The van der Waals surface area contributed by atoms with Crippen molar-refractivity contribution in [1.82, 2.24) is 14.6 Å². The Morgan fingerprint density at radius 2 is 1.59 bits per heavy atom. The number of anilines is 1. The van der Waals surface area contributed by atoms with Crippen molar-refractivity contribution < 1.29 is 8.42 Å². The first kappa shape index (κ1) is 21.8. The third kappa shape index (κ3) is 3.62. The van der Waals surface area contributed by atoms with Crippen LogP contribution in [0.25, 0.3) is 22.2 Å². The van der Waals surface area contributed by atoms with Crippen molar-refractivity contribution in [2.45, 2.75) is 30.6 Å². The molecule has 34 heavy (non-hydrogen) atoms. The number of hydrogen-bond donors (Lipinski definition) is 1. The molecule has 0 aliphatic rings. The largest absolute Gasteiger partial charge is 0.382 e. The molecule has 2 N–H and O–H groups in total. The fraction of sp³-hybridized carbons (Fsp3) is 0.115.